The molecule has 2 aliphatic carbocycles. The topological polar surface area (TPSA) is 92.1 Å². The molecule has 0 bridgehead atoms. The molecule has 0 radical (unpaired) electrons. The van der Waals surface area contributed by atoms with Gasteiger partial charge < -0.3 is 10.1 Å². The normalized spacial score (nSPS) is 19.0. The molecule has 8 heteroatoms. The SMILES string of the molecule is COC(=O)c1c(NC(=O)CCSc2nc3c(cc2C#N)CC(C(C)(C)C)CC3)sc2c1CCC(C(C)(C)C)C2. The minimum Gasteiger partial charge on any atom is -0.465 e. The van der Waals surface area contributed by atoms with E-state index in [1.807, 2.05) is 6.07 Å². The largest absolute Gasteiger partial charge is 0.465 e. The number of esters is 1. The number of hydrogen-bond donors (Lipinski definition) is 1. The van der Waals surface area contributed by atoms with Crippen LogP contribution in [0.15, 0.2) is 11.1 Å². The maximum Gasteiger partial charge on any atom is 0.341 e. The standard InChI is InChI=1S/C31H41N3O3S2/c1-30(2,3)20-9-11-23-18(15-20)14-19(17-32)27(33-23)38-13-12-25(35)34-28-26(29(36)37-7)22-10-8-21(31(4,5)6)16-24(22)39-28/h14,20-21H,8-13,15-16H2,1-7H3,(H,34,35). The minimum absolute atomic E-state index is 0.150. The van der Waals surface area contributed by atoms with E-state index < -0.39 is 5.97 Å². The Labute approximate surface area is 241 Å². The van der Waals surface area contributed by atoms with Gasteiger partial charge in [0.15, 0.2) is 0 Å². The zero-order valence-corrected chi connectivity index (χ0v) is 26.0. The Balaban J connectivity index is 1.42. The van der Waals surface area contributed by atoms with Gasteiger partial charge in [-0.1, -0.05) is 41.5 Å². The molecule has 2 unspecified atom stereocenters. The average molecular weight is 568 g/mol. The number of ether oxygens (including phenoxy) is 1. The van der Waals surface area contributed by atoms with Gasteiger partial charge in [-0.2, -0.15) is 5.26 Å². The number of amides is 1. The number of aryl methyl sites for hydroxylation is 1. The number of nitrogens with one attached hydrogen (secondary N) is 1. The predicted octanol–water partition coefficient (Wildman–Crippen LogP) is 7.22. The number of carbonyl (C=O) groups excluding carboxylic acids is 2. The number of methoxy groups -OCH3 is 1. The first-order valence-corrected chi connectivity index (χ1v) is 15.7. The molecule has 2 aliphatic rings. The van der Waals surface area contributed by atoms with Crippen LogP contribution in [0.1, 0.15) is 98.4 Å². The fraction of sp³-hybridized carbons (Fsp3) is 0.613. The van der Waals surface area contributed by atoms with E-state index in [0.29, 0.717) is 38.7 Å². The van der Waals surface area contributed by atoms with Crippen LogP contribution in [0.4, 0.5) is 5.00 Å². The predicted molar refractivity (Wildman–Crippen MR) is 159 cm³/mol. The molecule has 0 saturated carbocycles. The summed E-state index contributed by atoms with van der Waals surface area (Å²) in [6, 6.07) is 4.32. The summed E-state index contributed by atoms with van der Waals surface area (Å²) < 4.78 is 5.09. The first-order chi connectivity index (χ1) is 18.3. The second-order valence-corrected chi connectivity index (χ2v) is 15.2. The van der Waals surface area contributed by atoms with Crippen molar-refractivity contribution >= 4 is 40.0 Å². The molecule has 0 aliphatic heterocycles. The molecule has 4 rings (SSSR count). The molecule has 0 fully saturated rings. The number of fused-ring (bicyclic) bond motifs is 2. The summed E-state index contributed by atoms with van der Waals surface area (Å²) in [5.41, 5.74) is 4.82. The van der Waals surface area contributed by atoms with Crippen molar-refractivity contribution in [3.05, 3.63) is 38.9 Å². The van der Waals surface area contributed by atoms with Crippen LogP contribution in [-0.4, -0.2) is 29.7 Å². The number of thiophene rings is 1. The summed E-state index contributed by atoms with van der Waals surface area (Å²) in [5.74, 6) is 1.08. The second-order valence-electron chi connectivity index (χ2n) is 13.0. The van der Waals surface area contributed by atoms with E-state index in [-0.39, 0.29) is 23.2 Å². The van der Waals surface area contributed by atoms with Crippen LogP contribution in [0.3, 0.4) is 0 Å². The van der Waals surface area contributed by atoms with Gasteiger partial charge in [-0.25, -0.2) is 9.78 Å². The number of anilines is 1. The Kier molecular flexibility index (Phi) is 8.82. The molecular formula is C31H41N3O3S2. The molecule has 0 saturated heterocycles. The van der Waals surface area contributed by atoms with Gasteiger partial charge in [0.2, 0.25) is 5.91 Å². The fourth-order valence-electron chi connectivity index (χ4n) is 5.74. The quantitative estimate of drug-likeness (QED) is 0.293. The van der Waals surface area contributed by atoms with E-state index in [1.165, 1.54) is 40.6 Å². The molecule has 2 heterocycles. The number of pyridine rings is 1. The smallest absolute Gasteiger partial charge is 0.341 e. The van der Waals surface area contributed by atoms with E-state index in [4.69, 9.17) is 9.72 Å². The Morgan fingerprint density at radius 3 is 2.44 bits per heavy atom. The van der Waals surface area contributed by atoms with Gasteiger partial charge in [0.25, 0.3) is 0 Å². The number of aromatic nitrogens is 1. The molecule has 210 valence electrons. The summed E-state index contributed by atoms with van der Waals surface area (Å²) in [7, 11) is 1.39. The lowest BCUT2D eigenvalue weighted by Gasteiger charge is -2.34. The number of nitriles is 1. The Morgan fingerprint density at radius 2 is 1.79 bits per heavy atom. The summed E-state index contributed by atoms with van der Waals surface area (Å²) in [5, 5.41) is 14.1. The third-order valence-electron chi connectivity index (χ3n) is 8.40. The van der Waals surface area contributed by atoms with Crippen molar-refractivity contribution in [2.75, 3.05) is 18.2 Å². The van der Waals surface area contributed by atoms with Crippen LogP contribution in [0.25, 0.3) is 0 Å². The van der Waals surface area contributed by atoms with Gasteiger partial charge in [-0.3, -0.25) is 4.79 Å². The number of carbonyl (C=O) groups is 2. The highest BCUT2D eigenvalue weighted by Crippen LogP contribution is 2.44. The van der Waals surface area contributed by atoms with Crippen LogP contribution in [0.5, 0.6) is 0 Å². The van der Waals surface area contributed by atoms with Gasteiger partial charge in [0, 0.05) is 22.7 Å². The maximum absolute atomic E-state index is 13.0. The third kappa shape index (κ3) is 6.69. The molecule has 0 aromatic carbocycles. The monoisotopic (exact) mass is 567 g/mol. The summed E-state index contributed by atoms with van der Waals surface area (Å²) in [4.78, 5) is 31.7. The molecule has 2 aromatic rings. The molecule has 2 atom stereocenters. The van der Waals surface area contributed by atoms with Crippen LogP contribution >= 0.6 is 23.1 Å². The highest BCUT2D eigenvalue weighted by atomic mass is 32.2. The summed E-state index contributed by atoms with van der Waals surface area (Å²) >= 11 is 2.96. The summed E-state index contributed by atoms with van der Waals surface area (Å²) in [6.07, 6.45) is 6.00. The first kappa shape index (κ1) is 29.6. The minimum atomic E-state index is -0.392. The van der Waals surface area contributed by atoms with Crippen molar-refractivity contribution in [2.24, 2.45) is 22.7 Å². The number of nitrogens with zero attached hydrogens (tertiary/aromatic N) is 2. The molecule has 39 heavy (non-hydrogen) atoms. The van der Waals surface area contributed by atoms with Gasteiger partial charge >= 0.3 is 5.97 Å². The fourth-order valence-corrected chi connectivity index (χ4v) is 7.98. The molecule has 1 N–H and O–H groups in total. The lowest BCUT2D eigenvalue weighted by atomic mass is 9.71. The zero-order valence-electron chi connectivity index (χ0n) is 24.3. The van der Waals surface area contributed by atoms with Gasteiger partial charge in [0.05, 0.1) is 18.2 Å². The van der Waals surface area contributed by atoms with Gasteiger partial charge in [0.1, 0.15) is 16.1 Å². The first-order valence-electron chi connectivity index (χ1n) is 13.9. The third-order valence-corrected chi connectivity index (χ3v) is 10.6. The Morgan fingerprint density at radius 1 is 1.13 bits per heavy atom. The van der Waals surface area contributed by atoms with E-state index in [2.05, 4.69) is 52.9 Å². The number of hydrogen-bond acceptors (Lipinski definition) is 7. The highest BCUT2D eigenvalue weighted by molar-refractivity contribution is 7.99. The van der Waals surface area contributed by atoms with Crippen molar-refractivity contribution < 1.29 is 14.3 Å². The van der Waals surface area contributed by atoms with E-state index in [0.717, 1.165) is 49.8 Å². The van der Waals surface area contributed by atoms with Gasteiger partial charge in [-0.05, 0) is 78.4 Å². The van der Waals surface area contributed by atoms with E-state index >= 15 is 0 Å². The molecule has 6 nitrogen and oxygen atoms in total. The van der Waals surface area contributed by atoms with Crippen molar-refractivity contribution in [3.63, 3.8) is 0 Å². The Bertz CT molecular complexity index is 1290. The van der Waals surface area contributed by atoms with Crippen molar-refractivity contribution in [1.82, 2.24) is 4.98 Å². The lowest BCUT2D eigenvalue weighted by molar-refractivity contribution is -0.115. The van der Waals surface area contributed by atoms with Crippen LogP contribution in [-0.2, 0) is 35.2 Å². The highest BCUT2D eigenvalue weighted by Gasteiger charge is 2.34. The number of thioether (sulfide) groups is 1. The Hall–Kier alpha value is -2.37. The van der Waals surface area contributed by atoms with Crippen molar-refractivity contribution in [3.8, 4) is 6.07 Å². The molecule has 1 amide bonds. The lowest BCUT2D eigenvalue weighted by Crippen LogP contribution is -2.27. The van der Waals surface area contributed by atoms with Crippen LogP contribution < -0.4 is 5.32 Å². The average Bonchev–Trinajstić information content (AvgIpc) is 3.23. The van der Waals surface area contributed by atoms with Gasteiger partial charge in [-0.15, -0.1) is 23.1 Å². The van der Waals surface area contributed by atoms with Crippen molar-refractivity contribution in [1.29, 1.82) is 5.26 Å². The molecular weight excluding hydrogens is 526 g/mol. The van der Waals surface area contributed by atoms with E-state index in [9.17, 15) is 14.9 Å². The molecule has 0 spiro atoms. The molecule has 2 aromatic heterocycles. The zero-order chi connectivity index (χ0) is 28.5. The van der Waals surface area contributed by atoms with Crippen LogP contribution in [0, 0.1) is 34.0 Å². The maximum atomic E-state index is 13.0. The van der Waals surface area contributed by atoms with Crippen molar-refractivity contribution in [2.45, 2.75) is 91.5 Å². The number of rotatable bonds is 6. The van der Waals surface area contributed by atoms with Crippen LogP contribution in [0.2, 0.25) is 0 Å². The van der Waals surface area contributed by atoms with E-state index in [1.54, 1.807) is 0 Å². The second kappa shape index (κ2) is 11.6. The summed E-state index contributed by atoms with van der Waals surface area (Å²) in [6.45, 7) is 13.6.